The highest BCUT2D eigenvalue weighted by atomic mass is 16.5. The van der Waals surface area contributed by atoms with Crippen molar-refractivity contribution in [1.29, 1.82) is 0 Å². The molecule has 0 bridgehead atoms. The molecule has 0 spiro atoms. The van der Waals surface area contributed by atoms with Gasteiger partial charge in [0, 0.05) is 5.41 Å². The lowest BCUT2D eigenvalue weighted by atomic mass is 9.66. The van der Waals surface area contributed by atoms with Gasteiger partial charge in [-0.1, -0.05) is 57.9 Å². The van der Waals surface area contributed by atoms with Crippen LogP contribution in [0.4, 0.5) is 0 Å². The summed E-state index contributed by atoms with van der Waals surface area (Å²) in [7, 11) is 0. The average molecular weight is 401 g/mol. The number of benzene rings is 2. The van der Waals surface area contributed by atoms with E-state index < -0.39 is 0 Å². The Hall–Kier alpha value is -2.04. The van der Waals surface area contributed by atoms with Crippen molar-refractivity contribution in [3.8, 4) is 11.5 Å². The molecule has 0 aliphatic carbocycles. The maximum atomic E-state index is 8.98. The zero-order valence-electron chi connectivity index (χ0n) is 18.1. The van der Waals surface area contributed by atoms with Crippen LogP contribution in [0.2, 0.25) is 0 Å². The summed E-state index contributed by atoms with van der Waals surface area (Å²) in [5.41, 5.74) is 2.51. The molecule has 160 valence electrons. The zero-order valence-corrected chi connectivity index (χ0v) is 18.1. The fraction of sp³-hybridized carbons (Fsp3) is 0.520. The minimum atomic E-state index is -0.0742. The fourth-order valence-corrected chi connectivity index (χ4v) is 4.04. The number of hydrogen-bond donors (Lipinski definition) is 2. The molecule has 0 fully saturated rings. The normalized spacial score (nSPS) is 11.7. The summed E-state index contributed by atoms with van der Waals surface area (Å²) in [6.45, 7) is 7.43. The van der Waals surface area contributed by atoms with E-state index in [-0.39, 0.29) is 18.6 Å². The molecular formula is C25H36O4. The second kappa shape index (κ2) is 11.8. The Morgan fingerprint density at radius 3 is 1.59 bits per heavy atom. The van der Waals surface area contributed by atoms with Gasteiger partial charge in [-0.3, -0.25) is 0 Å². The van der Waals surface area contributed by atoms with Crippen molar-refractivity contribution in [2.45, 2.75) is 51.9 Å². The summed E-state index contributed by atoms with van der Waals surface area (Å²) in [5, 5.41) is 18.0. The van der Waals surface area contributed by atoms with Gasteiger partial charge in [0.25, 0.3) is 0 Å². The predicted molar refractivity (Wildman–Crippen MR) is 118 cm³/mol. The first-order chi connectivity index (χ1) is 14.1. The Morgan fingerprint density at radius 2 is 1.24 bits per heavy atom. The van der Waals surface area contributed by atoms with Gasteiger partial charge in [-0.2, -0.15) is 0 Å². The Bertz CT molecular complexity index is 640. The van der Waals surface area contributed by atoms with Gasteiger partial charge in [0.1, 0.15) is 24.7 Å². The summed E-state index contributed by atoms with van der Waals surface area (Å²) in [5.74, 6) is 2.11. The number of rotatable bonds is 13. The monoisotopic (exact) mass is 400 g/mol. The van der Waals surface area contributed by atoms with Crippen LogP contribution < -0.4 is 9.47 Å². The second-order valence-electron chi connectivity index (χ2n) is 7.98. The SMILES string of the molecule is CCCCC(CC(C)C)(c1ccc(OCCO)cc1)c1ccc(OCCO)cc1. The Balaban J connectivity index is 2.43. The van der Waals surface area contributed by atoms with Crippen molar-refractivity contribution in [2.24, 2.45) is 5.92 Å². The number of aliphatic hydroxyl groups excluding tert-OH is 2. The third-order valence-corrected chi connectivity index (χ3v) is 5.25. The molecule has 0 radical (unpaired) electrons. The Morgan fingerprint density at radius 1 is 0.793 bits per heavy atom. The smallest absolute Gasteiger partial charge is 0.119 e. The van der Waals surface area contributed by atoms with Crippen LogP contribution in [0.25, 0.3) is 0 Å². The highest BCUT2D eigenvalue weighted by Gasteiger charge is 2.34. The van der Waals surface area contributed by atoms with E-state index in [2.05, 4.69) is 45.0 Å². The molecule has 2 N–H and O–H groups in total. The molecule has 0 amide bonds. The molecule has 2 rings (SSSR count). The maximum absolute atomic E-state index is 8.98. The second-order valence-corrected chi connectivity index (χ2v) is 7.98. The van der Waals surface area contributed by atoms with Crippen LogP contribution in [0, 0.1) is 5.92 Å². The topological polar surface area (TPSA) is 58.9 Å². The molecule has 29 heavy (non-hydrogen) atoms. The van der Waals surface area contributed by atoms with Crippen molar-refractivity contribution in [3.05, 3.63) is 59.7 Å². The third-order valence-electron chi connectivity index (χ3n) is 5.25. The van der Waals surface area contributed by atoms with Crippen molar-refractivity contribution >= 4 is 0 Å². The molecule has 0 aromatic heterocycles. The van der Waals surface area contributed by atoms with Crippen molar-refractivity contribution in [2.75, 3.05) is 26.4 Å². The number of unbranched alkanes of at least 4 members (excludes halogenated alkanes) is 1. The van der Waals surface area contributed by atoms with Crippen LogP contribution in [-0.2, 0) is 5.41 Å². The summed E-state index contributed by atoms with van der Waals surface area (Å²) >= 11 is 0. The van der Waals surface area contributed by atoms with Gasteiger partial charge in [0.15, 0.2) is 0 Å². The molecule has 0 heterocycles. The number of aliphatic hydroxyl groups is 2. The summed E-state index contributed by atoms with van der Waals surface area (Å²) < 4.78 is 11.1. The largest absolute Gasteiger partial charge is 0.491 e. The predicted octanol–water partition coefficient (Wildman–Crippen LogP) is 4.95. The average Bonchev–Trinajstić information content (AvgIpc) is 2.74. The molecule has 0 atom stereocenters. The Labute approximate surface area is 175 Å². The first kappa shape index (κ1) is 23.2. The molecule has 0 unspecified atom stereocenters. The van der Waals surface area contributed by atoms with Crippen molar-refractivity contribution in [3.63, 3.8) is 0 Å². The molecule has 0 aliphatic heterocycles. The molecule has 0 saturated heterocycles. The van der Waals surface area contributed by atoms with E-state index in [1.54, 1.807) is 0 Å². The van der Waals surface area contributed by atoms with Gasteiger partial charge < -0.3 is 19.7 Å². The third kappa shape index (κ3) is 6.48. The van der Waals surface area contributed by atoms with E-state index >= 15 is 0 Å². The molecule has 0 saturated carbocycles. The molecule has 0 aliphatic rings. The van der Waals surface area contributed by atoms with E-state index in [0.29, 0.717) is 19.1 Å². The molecule has 4 nitrogen and oxygen atoms in total. The Kier molecular flexibility index (Phi) is 9.49. The summed E-state index contributed by atoms with van der Waals surface area (Å²) in [4.78, 5) is 0. The minimum Gasteiger partial charge on any atom is -0.491 e. The molecular weight excluding hydrogens is 364 g/mol. The van der Waals surface area contributed by atoms with Gasteiger partial charge in [0.05, 0.1) is 13.2 Å². The lowest BCUT2D eigenvalue weighted by Gasteiger charge is -2.37. The molecule has 4 heteroatoms. The minimum absolute atomic E-state index is 0.0141. The highest BCUT2D eigenvalue weighted by Crippen LogP contribution is 2.43. The lowest BCUT2D eigenvalue weighted by molar-refractivity contribution is 0.201. The zero-order chi connectivity index (χ0) is 21.1. The van der Waals surface area contributed by atoms with Crippen LogP contribution in [0.15, 0.2) is 48.5 Å². The lowest BCUT2D eigenvalue weighted by Crippen LogP contribution is -2.30. The van der Waals surface area contributed by atoms with Crippen LogP contribution in [0.3, 0.4) is 0 Å². The standard InChI is InChI=1S/C25H36O4/c1-4-5-14-25(19-20(2)3,21-6-10-23(11-7-21)28-17-15-26)22-8-12-24(13-9-22)29-18-16-27/h6-13,20,26-27H,4-5,14-19H2,1-3H3. The summed E-state index contributed by atoms with van der Waals surface area (Å²) in [6.07, 6.45) is 4.43. The maximum Gasteiger partial charge on any atom is 0.119 e. The number of hydrogen-bond acceptors (Lipinski definition) is 4. The fourth-order valence-electron chi connectivity index (χ4n) is 4.04. The van der Waals surface area contributed by atoms with Gasteiger partial charge in [0.2, 0.25) is 0 Å². The first-order valence-corrected chi connectivity index (χ1v) is 10.7. The molecule has 2 aromatic rings. The van der Waals surface area contributed by atoms with Crippen LogP contribution in [0.1, 0.15) is 57.6 Å². The van der Waals surface area contributed by atoms with Gasteiger partial charge in [-0.15, -0.1) is 0 Å². The van der Waals surface area contributed by atoms with E-state index in [9.17, 15) is 0 Å². The van der Waals surface area contributed by atoms with Crippen molar-refractivity contribution in [1.82, 2.24) is 0 Å². The van der Waals surface area contributed by atoms with Crippen LogP contribution >= 0.6 is 0 Å². The van der Waals surface area contributed by atoms with Crippen LogP contribution in [0.5, 0.6) is 11.5 Å². The number of ether oxygens (including phenoxy) is 2. The van der Waals surface area contributed by atoms with E-state index in [1.165, 1.54) is 11.1 Å². The van der Waals surface area contributed by atoms with E-state index in [0.717, 1.165) is 37.2 Å². The van der Waals surface area contributed by atoms with Crippen molar-refractivity contribution < 1.29 is 19.7 Å². The highest BCUT2D eigenvalue weighted by molar-refractivity contribution is 5.43. The summed E-state index contributed by atoms with van der Waals surface area (Å²) in [6, 6.07) is 16.7. The van der Waals surface area contributed by atoms with Gasteiger partial charge >= 0.3 is 0 Å². The first-order valence-electron chi connectivity index (χ1n) is 10.7. The van der Waals surface area contributed by atoms with Gasteiger partial charge in [-0.25, -0.2) is 0 Å². The van der Waals surface area contributed by atoms with Crippen LogP contribution in [-0.4, -0.2) is 36.6 Å². The molecule has 2 aromatic carbocycles. The van der Waals surface area contributed by atoms with E-state index in [4.69, 9.17) is 19.7 Å². The van der Waals surface area contributed by atoms with Gasteiger partial charge in [-0.05, 0) is 54.2 Å². The quantitative estimate of drug-likeness (QED) is 0.499. The van der Waals surface area contributed by atoms with E-state index in [1.807, 2.05) is 24.3 Å².